The second kappa shape index (κ2) is 13.8. The second-order valence-corrected chi connectivity index (χ2v) is 12.0. The van der Waals surface area contributed by atoms with Crippen LogP contribution < -0.4 is 15.0 Å². The Morgan fingerprint density at radius 2 is 1.87 bits per heavy atom. The third-order valence-corrected chi connectivity index (χ3v) is 7.86. The lowest BCUT2D eigenvalue weighted by atomic mass is 9.99. The number of amidine groups is 1. The van der Waals surface area contributed by atoms with Crippen molar-refractivity contribution < 1.29 is 22.7 Å². The fourth-order valence-corrected chi connectivity index (χ4v) is 5.79. The van der Waals surface area contributed by atoms with E-state index in [1.165, 1.54) is 47.0 Å². The summed E-state index contributed by atoms with van der Waals surface area (Å²) < 4.78 is 42.7. The quantitative estimate of drug-likeness (QED) is 0.176. The van der Waals surface area contributed by atoms with Crippen LogP contribution in [0.2, 0.25) is 0 Å². The molecule has 236 valence electrons. The molecule has 1 atom stereocenters. The number of amides is 1. The highest BCUT2D eigenvalue weighted by Gasteiger charge is 2.32. The van der Waals surface area contributed by atoms with E-state index in [1.54, 1.807) is 4.90 Å². The number of ether oxygens (including phenoxy) is 1. The Labute approximate surface area is 274 Å². The van der Waals surface area contributed by atoms with Gasteiger partial charge in [-0.05, 0) is 85.6 Å². The zero-order chi connectivity index (χ0) is 33.0. The van der Waals surface area contributed by atoms with Gasteiger partial charge in [0.05, 0.1) is 23.2 Å². The van der Waals surface area contributed by atoms with Crippen molar-refractivity contribution in [3.05, 3.63) is 89.7 Å². The number of carbonyl (C=O) groups is 1. The van der Waals surface area contributed by atoms with Crippen molar-refractivity contribution in [1.29, 1.82) is 0 Å². The van der Waals surface area contributed by atoms with Gasteiger partial charge in [0, 0.05) is 11.1 Å². The summed E-state index contributed by atoms with van der Waals surface area (Å²) in [5.41, 5.74) is 4.89. The van der Waals surface area contributed by atoms with E-state index in [9.17, 15) is 18.0 Å². The van der Waals surface area contributed by atoms with Crippen LogP contribution in [0.5, 0.6) is 5.75 Å². The van der Waals surface area contributed by atoms with Gasteiger partial charge in [-0.25, -0.2) is 9.67 Å². The van der Waals surface area contributed by atoms with E-state index in [0.29, 0.717) is 22.2 Å². The molecule has 0 bridgehead atoms. The van der Waals surface area contributed by atoms with Gasteiger partial charge < -0.3 is 10.1 Å². The van der Waals surface area contributed by atoms with E-state index in [4.69, 9.17) is 12.2 Å². The van der Waals surface area contributed by atoms with Gasteiger partial charge in [0.25, 0.3) is 0 Å². The smallest absolute Gasteiger partial charge is 0.406 e. The topological polar surface area (TPSA) is 84.6 Å². The molecule has 1 aromatic heterocycles. The van der Waals surface area contributed by atoms with Crippen LogP contribution in [0.3, 0.4) is 0 Å². The molecule has 4 aromatic rings. The number of nitrogens with zero attached hydrogens (tertiary/aromatic N) is 5. The molecule has 0 saturated carbocycles. The number of thioether (sulfide) groups is 1. The molecule has 1 aliphatic heterocycles. The first-order chi connectivity index (χ1) is 21.9. The van der Waals surface area contributed by atoms with Crippen LogP contribution >= 0.6 is 24.0 Å². The number of hydrogen-bond donors (Lipinski definition) is 1. The molecule has 8 nitrogen and oxygen atoms in total. The number of benzene rings is 3. The molecule has 2 heterocycles. The van der Waals surface area contributed by atoms with E-state index in [-0.39, 0.29) is 34.5 Å². The number of aromatic nitrogens is 3. The zero-order valence-electron chi connectivity index (χ0n) is 25.3. The maximum absolute atomic E-state index is 12.9. The lowest BCUT2D eigenvalue weighted by Crippen LogP contribution is -2.34. The van der Waals surface area contributed by atoms with Gasteiger partial charge in [-0.2, -0.15) is 4.99 Å². The summed E-state index contributed by atoms with van der Waals surface area (Å²) in [6.07, 6.45) is -3.29. The molecule has 1 saturated heterocycles. The van der Waals surface area contributed by atoms with Crippen molar-refractivity contribution in [1.82, 2.24) is 20.1 Å². The standard InChI is InChI=1S/C33H29F3N6O2S2/c1-20(2)27-15-8-21(3)16-28(27)42-29(43)18-46-32(42)39-31(45)38-22(4)9-10-23-6-5-7-24(17-23)30-37-19-41(40-30)25-11-13-26(14-12-25)44-33(34,35)36/h5-8,11-17,19-20,22H,18H2,1-4H3,(H,38,45). The number of anilines is 1. The molecule has 1 fully saturated rings. The maximum atomic E-state index is 12.9. The predicted molar refractivity (Wildman–Crippen MR) is 178 cm³/mol. The maximum Gasteiger partial charge on any atom is 0.573 e. The Kier molecular flexibility index (Phi) is 9.79. The number of aliphatic imine (C=N–C) groups is 1. The summed E-state index contributed by atoms with van der Waals surface area (Å²) in [4.78, 5) is 23.4. The van der Waals surface area contributed by atoms with Crippen molar-refractivity contribution in [3.63, 3.8) is 0 Å². The molecule has 1 unspecified atom stereocenters. The van der Waals surface area contributed by atoms with Gasteiger partial charge in [0.1, 0.15) is 12.1 Å². The first kappa shape index (κ1) is 32.7. The van der Waals surface area contributed by atoms with Crippen molar-refractivity contribution in [2.24, 2.45) is 4.99 Å². The fourth-order valence-electron chi connectivity index (χ4n) is 4.61. The minimum atomic E-state index is -4.76. The second-order valence-electron chi connectivity index (χ2n) is 10.7. The van der Waals surface area contributed by atoms with Crippen molar-refractivity contribution >= 4 is 45.9 Å². The Balaban J connectivity index is 1.25. The van der Waals surface area contributed by atoms with Crippen LogP contribution in [-0.4, -0.2) is 49.1 Å². The SMILES string of the molecule is Cc1ccc(C(C)C)c(N2C(=O)CSC2=NC(=S)NC(C)C#Cc2cccc(-c3ncn(-c4ccc(OC(F)(F)F)cc4)n3)c2)c1. The van der Waals surface area contributed by atoms with E-state index < -0.39 is 6.36 Å². The lowest BCUT2D eigenvalue weighted by Gasteiger charge is -2.22. The molecule has 5 rings (SSSR count). The molecular weight excluding hydrogens is 634 g/mol. The highest BCUT2D eigenvalue weighted by atomic mass is 32.2. The first-order valence-corrected chi connectivity index (χ1v) is 15.6. The molecule has 0 aliphatic carbocycles. The monoisotopic (exact) mass is 662 g/mol. The lowest BCUT2D eigenvalue weighted by molar-refractivity contribution is -0.274. The molecule has 13 heteroatoms. The highest BCUT2D eigenvalue weighted by Crippen LogP contribution is 2.34. The van der Waals surface area contributed by atoms with E-state index in [2.05, 4.69) is 50.8 Å². The largest absolute Gasteiger partial charge is 0.573 e. The average molecular weight is 663 g/mol. The summed E-state index contributed by atoms with van der Waals surface area (Å²) in [5.74, 6) is 6.82. The molecule has 1 N–H and O–H groups in total. The Hall–Kier alpha value is -4.67. The fraction of sp³-hybridized carbons (Fsp3) is 0.242. The van der Waals surface area contributed by atoms with Gasteiger partial charge >= 0.3 is 6.36 Å². The number of aryl methyl sites for hydroxylation is 1. The Morgan fingerprint density at radius 3 is 2.59 bits per heavy atom. The zero-order valence-corrected chi connectivity index (χ0v) is 26.9. The normalized spacial score (nSPS) is 14.7. The molecule has 46 heavy (non-hydrogen) atoms. The third kappa shape index (κ3) is 8.13. The van der Waals surface area contributed by atoms with Gasteiger partial charge in [-0.15, -0.1) is 18.3 Å². The minimum Gasteiger partial charge on any atom is -0.406 e. The Bertz CT molecular complexity index is 1860. The van der Waals surface area contributed by atoms with Crippen molar-refractivity contribution in [2.45, 2.75) is 46.0 Å². The molecule has 0 radical (unpaired) electrons. The number of halogens is 3. The van der Waals surface area contributed by atoms with Crippen molar-refractivity contribution in [3.8, 4) is 34.7 Å². The summed E-state index contributed by atoms with van der Waals surface area (Å²) in [7, 11) is 0. The molecule has 0 spiro atoms. The van der Waals surface area contributed by atoms with Gasteiger partial charge in [0.2, 0.25) is 5.91 Å². The Morgan fingerprint density at radius 1 is 1.11 bits per heavy atom. The van der Waals surface area contributed by atoms with Crippen molar-refractivity contribution in [2.75, 3.05) is 10.7 Å². The van der Waals surface area contributed by atoms with Crippen LogP contribution in [-0.2, 0) is 4.79 Å². The van der Waals surface area contributed by atoms with Crippen LogP contribution in [0.1, 0.15) is 43.4 Å². The van der Waals surface area contributed by atoms with E-state index in [1.807, 2.05) is 56.3 Å². The number of thiocarbonyl (C=S) groups is 1. The molecule has 1 amide bonds. The van der Waals surface area contributed by atoms with E-state index >= 15 is 0 Å². The average Bonchev–Trinajstić information content (AvgIpc) is 3.62. The van der Waals surface area contributed by atoms with Crippen LogP contribution in [0.4, 0.5) is 18.9 Å². The number of nitrogens with one attached hydrogen (secondary N) is 1. The molecule has 3 aromatic carbocycles. The molecule has 1 aliphatic rings. The number of hydrogen-bond acceptors (Lipinski definition) is 6. The molecular formula is C33H29F3N6O2S2. The van der Waals surface area contributed by atoms with Crippen LogP contribution in [0, 0.1) is 18.8 Å². The number of rotatable bonds is 6. The first-order valence-electron chi connectivity index (χ1n) is 14.2. The van der Waals surface area contributed by atoms with Crippen LogP contribution in [0.15, 0.2) is 78.0 Å². The highest BCUT2D eigenvalue weighted by molar-refractivity contribution is 8.15. The summed E-state index contributed by atoms with van der Waals surface area (Å²) in [5, 5.41) is 8.32. The summed E-state index contributed by atoms with van der Waals surface area (Å²) in [6, 6.07) is 18.4. The van der Waals surface area contributed by atoms with Crippen LogP contribution in [0.25, 0.3) is 17.1 Å². The summed E-state index contributed by atoms with van der Waals surface area (Å²) >= 11 is 6.86. The summed E-state index contributed by atoms with van der Waals surface area (Å²) in [6.45, 7) is 8.03. The number of carbonyl (C=O) groups excluding carboxylic acids is 1. The van der Waals surface area contributed by atoms with Gasteiger partial charge in [-0.1, -0.05) is 61.7 Å². The third-order valence-electron chi connectivity index (χ3n) is 6.73. The van der Waals surface area contributed by atoms with Gasteiger partial charge in [-0.3, -0.25) is 9.69 Å². The van der Waals surface area contributed by atoms with E-state index in [0.717, 1.165) is 22.4 Å². The number of alkyl halides is 3. The predicted octanol–water partition coefficient (Wildman–Crippen LogP) is 7.02. The van der Waals surface area contributed by atoms with Gasteiger partial charge in [0.15, 0.2) is 16.1 Å². The minimum absolute atomic E-state index is 0.0421.